The van der Waals surface area contributed by atoms with Crippen molar-refractivity contribution in [3.05, 3.63) is 42.8 Å². The molecule has 0 heterocycles. The molecule has 1 aromatic carbocycles. The van der Waals surface area contributed by atoms with Gasteiger partial charge in [-0.3, -0.25) is 0 Å². The standard InChI is InChI=1S/C7H7.3O.Re/c1-7-5-3-2-4-6-7;;;;/h2-6H,1H2;;;;/q-1;;;;. The summed E-state index contributed by atoms with van der Waals surface area (Å²) >= 11 is -4.21. The zero-order valence-corrected chi connectivity index (χ0v) is 8.41. The number of hydrogen-bond donors (Lipinski definition) is 0. The van der Waals surface area contributed by atoms with Gasteiger partial charge in [0.15, 0.2) is 0 Å². The van der Waals surface area contributed by atoms with E-state index in [4.69, 9.17) is 10.4 Å². The Morgan fingerprint density at radius 3 is 1.55 bits per heavy atom. The summed E-state index contributed by atoms with van der Waals surface area (Å²) in [7, 11) is 0. The van der Waals surface area contributed by atoms with Gasteiger partial charge in [0.2, 0.25) is 0 Å². The van der Waals surface area contributed by atoms with Crippen molar-refractivity contribution in [1.29, 1.82) is 0 Å². The molecule has 0 fully saturated rings. The van der Waals surface area contributed by atoms with E-state index in [1.54, 1.807) is 0 Å². The van der Waals surface area contributed by atoms with Crippen LogP contribution < -0.4 is 0 Å². The molecule has 3 nitrogen and oxygen atoms in total. The van der Waals surface area contributed by atoms with E-state index >= 15 is 0 Å². The van der Waals surface area contributed by atoms with Crippen LogP contribution in [0.15, 0.2) is 30.3 Å². The Morgan fingerprint density at radius 1 is 1.00 bits per heavy atom. The van der Waals surface area contributed by atoms with E-state index in [0.717, 1.165) is 5.56 Å². The SMILES string of the molecule is [CH2-]c1ccccc1.[O]=[Re](=[O])=[O]. The van der Waals surface area contributed by atoms with E-state index < -0.39 is 16.6 Å². The first-order valence-electron chi connectivity index (χ1n) is 2.73. The molecular formula is C7H7O3Re-. The van der Waals surface area contributed by atoms with Gasteiger partial charge >= 0.3 is 27.0 Å². The van der Waals surface area contributed by atoms with Gasteiger partial charge in [-0.25, -0.2) is 0 Å². The average molecular weight is 325 g/mol. The number of rotatable bonds is 0. The molecule has 0 amide bonds. The topological polar surface area (TPSA) is 51.2 Å². The third-order valence-electron chi connectivity index (χ3n) is 0.843. The molecule has 1 rings (SSSR count). The molecule has 11 heavy (non-hydrogen) atoms. The zero-order chi connectivity index (χ0) is 8.69. The van der Waals surface area contributed by atoms with Crippen LogP contribution in [-0.2, 0) is 27.0 Å². The number of benzene rings is 1. The minimum absolute atomic E-state index is 1.07. The first-order chi connectivity index (χ1) is 5.13. The molecule has 0 bridgehead atoms. The molecule has 0 atom stereocenters. The molecule has 61 valence electrons. The van der Waals surface area contributed by atoms with Crippen molar-refractivity contribution in [2.75, 3.05) is 0 Å². The second kappa shape index (κ2) is 5.90. The fourth-order valence-corrected chi connectivity index (χ4v) is 0.478. The van der Waals surface area contributed by atoms with Crippen LogP contribution in [0.3, 0.4) is 0 Å². The quantitative estimate of drug-likeness (QED) is 0.680. The van der Waals surface area contributed by atoms with Crippen molar-refractivity contribution in [1.82, 2.24) is 0 Å². The maximum absolute atomic E-state index is 8.60. The molecule has 0 aliphatic rings. The molecule has 0 aliphatic heterocycles. The molecule has 0 radical (unpaired) electrons. The van der Waals surface area contributed by atoms with Crippen molar-refractivity contribution in [3.8, 4) is 0 Å². The Morgan fingerprint density at radius 2 is 1.36 bits per heavy atom. The summed E-state index contributed by atoms with van der Waals surface area (Å²) in [6.45, 7) is 3.72. The molecule has 4 heteroatoms. The second-order valence-electron chi connectivity index (χ2n) is 1.67. The van der Waals surface area contributed by atoms with Crippen LogP contribution in [0.5, 0.6) is 0 Å². The van der Waals surface area contributed by atoms with E-state index in [0.29, 0.717) is 0 Å². The molecule has 0 saturated carbocycles. The van der Waals surface area contributed by atoms with Crippen LogP contribution in [0.2, 0.25) is 0 Å². The molecule has 1 aromatic rings. The van der Waals surface area contributed by atoms with E-state index in [1.807, 2.05) is 30.3 Å². The van der Waals surface area contributed by atoms with Crippen molar-refractivity contribution in [2.45, 2.75) is 0 Å². The Balaban J connectivity index is 0.000000218. The predicted octanol–water partition coefficient (Wildman–Crippen LogP) is 1.51. The fraction of sp³-hybridized carbons (Fsp3) is 0. The predicted molar refractivity (Wildman–Crippen MR) is 33.0 cm³/mol. The van der Waals surface area contributed by atoms with Crippen LogP contribution in [0.25, 0.3) is 0 Å². The van der Waals surface area contributed by atoms with Crippen LogP contribution in [0.4, 0.5) is 0 Å². The van der Waals surface area contributed by atoms with Gasteiger partial charge < -0.3 is 0 Å². The van der Waals surface area contributed by atoms with E-state index in [9.17, 15) is 0 Å². The Hall–Kier alpha value is -0.848. The first kappa shape index (κ1) is 10.2. The molecule has 0 aromatic heterocycles. The molecule has 0 aliphatic carbocycles. The molecule has 0 spiro atoms. The summed E-state index contributed by atoms with van der Waals surface area (Å²) in [5, 5.41) is 0. The second-order valence-corrected chi connectivity index (χ2v) is 3.03. The minimum atomic E-state index is -4.21. The monoisotopic (exact) mass is 326 g/mol. The van der Waals surface area contributed by atoms with Gasteiger partial charge in [-0.1, -0.05) is 6.07 Å². The van der Waals surface area contributed by atoms with Crippen molar-refractivity contribution >= 4 is 0 Å². The molecule has 0 saturated heterocycles. The summed E-state index contributed by atoms with van der Waals surface area (Å²) < 4.78 is 25.8. The van der Waals surface area contributed by atoms with Crippen LogP contribution in [0, 0.1) is 6.92 Å². The third-order valence-corrected chi connectivity index (χ3v) is 0.843. The van der Waals surface area contributed by atoms with E-state index in [-0.39, 0.29) is 0 Å². The Kier molecular flexibility index (Phi) is 5.45. The summed E-state index contributed by atoms with van der Waals surface area (Å²) in [6.07, 6.45) is 0. The van der Waals surface area contributed by atoms with Gasteiger partial charge in [-0.15, -0.1) is 12.1 Å². The summed E-state index contributed by atoms with van der Waals surface area (Å²) in [6, 6.07) is 9.87. The summed E-state index contributed by atoms with van der Waals surface area (Å²) in [4.78, 5) is 0. The molecule has 0 unspecified atom stereocenters. The van der Waals surface area contributed by atoms with E-state index in [2.05, 4.69) is 6.92 Å². The average Bonchev–Trinajstić information content (AvgIpc) is 1.87. The van der Waals surface area contributed by atoms with Crippen molar-refractivity contribution in [2.24, 2.45) is 0 Å². The Bertz CT molecular complexity index is 280. The van der Waals surface area contributed by atoms with Gasteiger partial charge in [0.1, 0.15) is 0 Å². The van der Waals surface area contributed by atoms with Gasteiger partial charge in [-0.2, -0.15) is 24.6 Å². The normalized spacial score (nSPS) is 7.64. The number of hydrogen-bond acceptors (Lipinski definition) is 3. The summed E-state index contributed by atoms with van der Waals surface area (Å²) in [5.41, 5.74) is 1.07. The van der Waals surface area contributed by atoms with Crippen molar-refractivity contribution < 1.29 is 27.0 Å². The molecule has 0 N–H and O–H groups in total. The Labute approximate surface area is 70.2 Å². The fourth-order valence-electron chi connectivity index (χ4n) is 0.478. The zero-order valence-electron chi connectivity index (χ0n) is 5.70. The van der Waals surface area contributed by atoms with Crippen LogP contribution >= 0.6 is 0 Å². The van der Waals surface area contributed by atoms with E-state index in [1.165, 1.54) is 0 Å². The van der Waals surface area contributed by atoms with Gasteiger partial charge in [0.25, 0.3) is 0 Å². The molecular weight excluding hydrogens is 318 g/mol. The van der Waals surface area contributed by atoms with Crippen LogP contribution in [0.1, 0.15) is 5.56 Å². The first-order valence-corrected chi connectivity index (χ1v) is 6.05. The van der Waals surface area contributed by atoms with Gasteiger partial charge in [-0.05, 0) is 0 Å². The van der Waals surface area contributed by atoms with Gasteiger partial charge in [0, 0.05) is 0 Å². The van der Waals surface area contributed by atoms with Gasteiger partial charge in [0.05, 0.1) is 0 Å². The third kappa shape index (κ3) is 9.15. The summed E-state index contributed by atoms with van der Waals surface area (Å²) in [5.74, 6) is 0. The van der Waals surface area contributed by atoms with Crippen molar-refractivity contribution in [3.63, 3.8) is 0 Å². The van der Waals surface area contributed by atoms with Crippen LogP contribution in [-0.4, -0.2) is 0 Å². The maximum atomic E-state index is 8.60.